The van der Waals surface area contributed by atoms with Crippen LogP contribution in [0.5, 0.6) is 0 Å². The summed E-state index contributed by atoms with van der Waals surface area (Å²) in [5, 5.41) is 0.757. The lowest BCUT2D eigenvalue weighted by atomic mass is 9.44. The Hall–Kier alpha value is -1.15. The first-order chi connectivity index (χ1) is 17.2. The predicted molar refractivity (Wildman–Crippen MR) is 151 cm³/mol. The van der Waals surface area contributed by atoms with Crippen LogP contribution in [0.4, 0.5) is 0 Å². The van der Waals surface area contributed by atoms with Gasteiger partial charge in [-0.05, 0) is 122 Å². The Bertz CT molecular complexity index is 1130. The normalized spacial score (nSPS) is 38.4. The average Bonchev–Trinajstić information content (AvgIpc) is 3.18. The van der Waals surface area contributed by atoms with Gasteiger partial charge in [0, 0.05) is 5.02 Å². The second-order valence-corrected chi connectivity index (χ2v) is 14.8. The van der Waals surface area contributed by atoms with Gasteiger partial charge in [0.25, 0.3) is 0 Å². The molecule has 1 aromatic carbocycles. The third kappa shape index (κ3) is 4.04. The van der Waals surface area contributed by atoms with Gasteiger partial charge < -0.3 is 0 Å². The van der Waals surface area contributed by atoms with Crippen molar-refractivity contribution in [3.63, 3.8) is 0 Å². The number of nitrogens with zero attached hydrogens (tertiary/aromatic N) is 2. The largest absolute Gasteiger partial charge is 0.249 e. The van der Waals surface area contributed by atoms with Gasteiger partial charge in [-0.15, -0.1) is 0 Å². The van der Waals surface area contributed by atoms with E-state index in [9.17, 15) is 0 Å². The van der Waals surface area contributed by atoms with Crippen molar-refractivity contribution in [3.05, 3.63) is 34.6 Å². The summed E-state index contributed by atoms with van der Waals surface area (Å²) >= 11 is 6.27. The maximum absolute atomic E-state index is 6.27. The fourth-order valence-electron chi connectivity index (χ4n) is 10.2. The summed E-state index contributed by atoms with van der Waals surface area (Å²) in [6.45, 7) is 12.7. The number of hydrogen-bond acceptors (Lipinski definition) is 2. The second-order valence-electron chi connectivity index (χ2n) is 14.3. The zero-order valence-electron chi connectivity index (χ0n) is 23.3. The molecular formula is C33H47ClN2. The van der Waals surface area contributed by atoms with E-state index in [1.165, 1.54) is 69.2 Å². The summed E-state index contributed by atoms with van der Waals surface area (Å²) in [4.78, 5) is 10.3. The summed E-state index contributed by atoms with van der Waals surface area (Å²) in [6, 6.07) is 5.99. The summed E-state index contributed by atoms with van der Waals surface area (Å²) in [5.74, 6) is 6.16. The third-order valence-corrected chi connectivity index (χ3v) is 12.3. The van der Waals surface area contributed by atoms with Crippen molar-refractivity contribution in [3.8, 4) is 0 Å². The van der Waals surface area contributed by atoms with E-state index in [-0.39, 0.29) is 0 Å². The van der Waals surface area contributed by atoms with Crippen LogP contribution in [0.25, 0.3) is 11.0 Å². The molecule has 2 aromatic rings. The van der Waals surface area contributed by atoms with Crippen molar-refractivity contribution in [1.82, 2.24) is 9.97 Å². The maximum Gasteiger partial charge on any atom is 0.0905 e. The molecule has 0 spiro atoms. The maximum atomic E-state index is 6.27. The molecule has 3 heteroatoms. The minimum atomic E-state index is 0.382. The Labute approximate surface area is 224 Å². The van der Waals surface area contributed by atoms with Crippen molar-refractivity contribution in [2.75, 3.05) is 0 Å². The van der Waals surface area contributed by atoms with E-state index in [1.54, 1.807) is 0 Å². The van der Waals surface area contributed by atoms with Crippen molar-refractivity contribution in [1.29, 1.82) is 0 Å². The van der Waals surface area contributed by atoms with E-state index in [0.29, 0.717) is 10.8 Å². The van der Waals surface area contributed by atoms with Crippen LogP contribution in [-0.4, -0.2) is 9.97 Å². The average molecular weight is 507 g/mol. The smallest absolute Gasteiger partial charge is 0.0905 e. The number of benzene rings is 1. The molecule has 0 saturated heterocycles. The van der Waals surface area contributed by atoms with E-state index in [4.69, 9.17) is 21.6 Å². The van der Waals surface area contributed by atoms with Crippen LogP contribution in [0.1, 0.15) is 104 Å². The van der Waals surface area contributed by atoms with Crippen LogP contribution in [0.3, 0.4) is 0 Å². The highest BCUT2D eigenvalue weighted by Gasteiger charge is 2.60. The fraction of sp³-hybridized carbons (Fsp3) is 0.758. The number of fused-ring (bicyclic) bond motifs is 7. The first-order valence-corrected chi connectivity index (χ1v) is 15.5. The van der Waals surface area contributed by atoms with Crippen molar-refractivity contribution < 1.29 is 0 Å². The monoisotopic (exact) mass is 506 g/mol. The number of aromatic nitrogens is 2. The molecule has 8 unspecified atom stereocenters. The Morgan fingerprint density at radius 1 is 0.889 bits per heavy atom. The van der Waals surface area contributed by atoms with Crippen LogP contribution in [-0.2, 0) is 12.8 Å². The molecule has 0 bridgehead atoms. The van der Waals surface area contributed by atoms with E-state index in [0.717, 1.165) is 70.3 Å². The predicted octanol–water partition coefficient (Wildman–Crippen LogP) is 9.32. The van der Waals surface area contributed by atoms with E-state index in [1.807, 2.05) is 12.1 Å². The van der Waals surface area contributed by atoms with Crippen LogP contribution >= 0.6 is 11.6 Å². The Kier molecular flexibility index (Phi) is 6.46. The van der Waals surface area contributed by atoms with Crippen LogP contribution in [0.2, 0.25) is 5.02 Å². The Morgan fingerprint density at radius 3 is 2.47 bits per heavy atom. The first kappa shape index (κ1) is 25.1. The molecule has 1 aromatic heterocycles. The molecule has 196 valence electrons. The molecule has 3 saturated carbocycles. The summed E-state index contributed by atoms with van der Waals surface area (Å²) < 4.78 is 0. The lowest BCUT2D eigenvalue weighted by Gasteiger charge is -2.60. The lowest BCUT2D eigenvalue weighted by molar-refractivity contribution is -0.104. The second kappa shape index (κ2) is 9.25. The van der Waals surface area contributed by atoms with Gasteiger partial charge in [-0.2, -0.15) is 0 Å². The lowest BCUT2D eigenvalue weighted by Crippen LogP contribution is -2.54. The molecule has 6 rings (SSSR count). The molecule has 4 aliphatic rings. The van der Waals surface area contributed by atoms with Gasteiger partial charge in [-0.3, -0.25) is 0 Å². The molecule has 2 nitrogen and oxygen atoms in total. The summed E-state index contributed by atoms with van der Waals surface area (Å²) in [7, 11) is 0. The van der Waals surface area contributed by atoms with Gasteiger partial charge in [0.2, 0.25) is 0 Å². The molecule has 1 heterocycles. The number of hydrogen-bond donors (Lipinski definition) is 0. The molecule has 36 heavy (non-hydrogen) atoms. The van der Waals surface area contributed by atoms with Gasteiger partial charge in [0.1, 0.15) is 0 Å². The highest BCUT2D eigenvalue weighted by molar-refractivity contribution is 6.31. The van der Waals surface area contributed by atoms with Gasteiger partial charge in [-0.1, -0.05) is 65.5 Å². The van der Waals surface area contributed by atoms with Gasteiger partial charge in [0.05, 0.1) is 22.4 Å². The van der Waals surface area contributed by atoms with E-state index in [2.05, 4.69) is 40.7 Å². The topological polar surface area (TPSA) is 25.8 Å². The molecule has 0 amide bonds. The van der Waals surface area contributed by atoms with Crippen molar-refractivity contribution >= 4 is 22.6 Å². The number of halogens is 1. The minimum Gasteiger partial charge on any atom is -0.249 e. The van der Waals surface area contributed by atoms with Crippen molar-refractivity contribution in [2.24, 2.45) is 52.3 Å². The standard InChI is InChI=1S/C33H47ClN2/c1-20(2)7-6-8-21(3)25-12-13-26-24-11-9-22-17-29-31(35-28-14-10-23(34)18-30(28)36-29)19-33(22,5)27(24)15-16-32(25,26)4/h10,14,18,20-22,24-27H,6-9,11-13,15-17,19H2,1-5H3. The van der Waals surface area contributed by atoms with Gasteiger partial charge in [0.15, 0.2) is 0 Å². The zero-order chi connectivity index (χ0) is 25.2. The van der Waals surface area contributed by atoms with Crippen LogP contribution in [0, 0.1) is 52.3 Å². The summed E-state index contributed by atoms with van der Waals surface area (Å²) in [6.07, 6.45) is 15.2. The van der Waals surface area contributed by atoms with Crippen molar-refractivity contribution in [2.45, 2.75) is 105 Å². The molecule has 8 atom stereocenters. The van der Waals surface area contributed by atoms with E-state index >= 15 is 0 Å². The molecule has 0 aliphatic heterocycles. The van der Waals surface area contributed by atoms with Gasteiger partial charge >= 0.3 is 0 Å². The Balaban J connectivity index is 1.23. The zero-order valence-corrected chi connectivity index (χ0v) is 24.1. The molecule has 0 radical (unpaired) electrons. The highest BCUT2D eigenvalue weighted by atomic mass is 35.5. The molecular weight excluding hydrogens is 460 g/mol. The van der Waals surface area contributed by atoms with Crippen LogP contribution < -0.4 is 0 Å². The van der Waals surface area contributed by atoms with Gasteiger partial charge in [-0.25, -0.2) is 9.97 Å². The molecule has 3 fully saturated rings. The highest BCUT2D eigenvalue weighted by Crippen LogP contribution is 2.67. The fourth-order valence-corrected chi connectivity index (χ4v) is 10.3. The van der Waals surface area contributed by atoms with Crippen LogP contribution in [0.15, 0.2) is 18.2 Å². The first-order valence-electron chi connectivity index (χ1n) is 15.1. The summed E-state index contributed by atoms with van der Waals surface area (Å²) in [5.41, 5.74) is 5.46. The quantitative estimate of drug-likeness (QED) is 0.403. The molecule has 0 N–H and O–H groups in total. The minimum absolute atomic E-state index is 0.382. The third-order valence-electron chi connectivity index (χ3n) is 12.0. The SMILES string of the molecule is CC(C)CCCC(C)C1CCC2C3CCC4Cc5nc6cc(Cl)ccc6nc5CC4(C)C3CCC12C. The number of rotatable bonds is 5. The molecule has 4 aliphatic carbocycles. The van der Waals surface area contributed by atoms with E-state index < -0.39 is 0 Å². The Morgan fingerprint density at radius 2 is 1.67 bits per heavy atom.